The van der Waals surface area contributed by atoms with E-state index >= 15 is 0 Å². The Hall–Kier alpha value is -2.62. The minimum atomic E-state index is -0.791. The first kappa shape index (κ1) is 26.4. The first-order chi connectivity index (χ1) is 14.5. The highest BCUT2D eigenvalue weighted by atomic mass is 16.5. The highest BCUT2D eigenvalue weighted by Crippen LogP contribution is 2.30. The molecule has 1 aliphatic rings. The lowest BCUT2D eigenvalue weighted by Gasteiger charge is -2.24. The number of ether oxygens (including phenoxy) is 1. The summed E-state index contributed by atoms with van der Waals surface area (Å²) >= 11 is 0. The number of carbonyl (C=O) groups excluding carboxylic acids is 1. The van der Waals surface area contributed by atoms with E-state index in [0.29, 0.717) is 43.1 Å². The van der Waals surface area contributed by atoms with Crippen molar-refractivity contribution in [1.82, 2.24) is 0 Å². The number of carbonyl (C=O) groups is 2. The van der Waals surface area contributed by atoms with Crippen LogP contribution in [-0.4, -0.2) is 17.0 Å². The summed E-state index contributed by atoms with van der Waals surface area (Å²) in [7, 11) is 0. The van der Waals surface area contributed by atoms with E-state index in [4.69, 9.17) is 9.84 Å². The fourth-order valence-electron chi connectivity index (χ4n) is 3.37. The van der Waals surface area contributed by atoms with Gasteiger partial charge in [-0.25, -0.2) is 0 Å². The average molecular weight is 427 g/mol. The highest BCUT2D eigenvalue weighted by molar-refractivity contribution is 5.75. The molecule has 0 bridgehead atoms. The van der Waals surface area contributed by atoms with Gasteiger partial charge in [0, 0.05) is 0 Å². The van der Waals surface area contributed by atoms with Crippen molar-refractivity contribution in [1.29, 1.82) is 0 Å². The van der Waals surface area contributed by atoms with E-state index in [9.17, 15) is 9.59 Å². The van der Waals surface area contributed by atoms with Crippen molar-refractivity contribution in [3.63, 3.8) is 0 Å². The maximum absolute atomic E-state index is 12.3. The van der Waals surface area contributed by atoms with Gasteiger partial charge in [-0.3, -0.25) is 9.59 Å². The number of carboxylic acid groups (broad SMARTS) is 1. The quantitative estimate of drug-likeness (QED) is 0.212. The van der Waals surface area contributed by atoms with Gasteiger partial charge in [-0.1, -0.05) is 77.3 Å². The van der Waals surface area contributed by atoms with E-state index in [1.54, 1.807) is 12.2 Å². The van der Waals surface area contributed by atoms with Gasteiger partial charge in [0.2, 0.25) is 0 Å². The summed E-state index contributed by atoms with van der Waals surface area (Å²) < 4.78 is 5.32. The number of hydrogen-bond acceptors (Lipinski definition) is 3. The molecule has 0 radical (unpaired) electrons. The number of hydrogen-bond donors (Lipinski definition) is 1. The van der Waals surface area contributed by atoms with E-state index < -0.39 is 5.97 Å². The summed E-state index contributed by atoms with van der Waals surface area (Å²) in [6.07, 6.45) is 11.5. The normalized spacial score (nSPS) is 20.0. The Morgan fingerprint density at radius 3 is 1.90 bits per heavy atom. The van der Waals surface area contributed by atoms with Crippen LogP contribution in [0.4, 0.5) is 0 Å². The molecule has 1 saturated carbocycles. The van der Waals surface area contributed by atoms with Crippen molar-refractivity contribution in [2.45, 2.75) is 59.3 Å². The van der Waals surface area contributed by atoms with Crippen LogP contribution in [0.15, 0.2) is 73.1 Å². The number of carboxylic acids is 1. The summed E-state index contributed by atoms with van der Waals surface area (Å²) in [6, 6.07) is 0. The molecule has 0 amide bonds. The second-order valence-electron chi connectivity index (χ2n) is 8.94. The van der Waals surface area contributed by atoms with Gasteiger partial charge >= 0.3 is 11.9 Å². The summed E-state index contributed by atoms with van der Waals surface area (Å²) in [6.45, 7) is 22.6. The van der Waals surface area contributed by atoms with Crippen molar-refractivity contribution in [2.75, 3.05) is 0 Å². The number of allylic oxidation sites excluding steroid dienone is 7. The average Bonchev–Trinajstić information content (AvgIpc) is 2.73. The fourth-order valence-corrected chi connectivity index (χ4v) is 3.37. The van der Waals surface area contributed by atoms with E-state index in [2.05, 4.69) is 47.1 Å². The molecule has 1 atom stereocenters. The third-order valence-electron chi connectivity index (χ3n) is 5.83. The molecule has 0 spiro atoms. The van der Waals surface area contributed by atoms with Crippen LogP contribution in [-0.2, 0) is 14.3 Å². The molecule has 1 fully saturated rings. The molecule has 0 aliphatic heterocycles. The van der Waals surface area contributed by atoms with Crippen LogP contribution in [0, 0.1) is 23.7 Å². The summed E-state index contributed by atoms with van der Waals surface area (Å²) in [5.41, 5.74) is 2.51. The van der Waals surface area contributed by atoms with Gasteiger partial charge < -0.3 is 9.84 Å². The molecule has 1 N–H and O–H groups in total. The Morgan fingerprint density at radius 1 is 0.871 bits per heavy atom. The predicted molar refractivity (Wildman–Crippen MR) is 127 cm³/mol. The van der Waals surface area contributed by atoms with E-state index in [0.717, 1.165) is 17.6 Å². The largest absolute Gasteiger partial charge is 0.481 e. The molecular weight excluding hydrogens is 388 g/mol. The van der Waals surface area contributed by atoms with Crippen molar-refractivity contribution < 1.29 is 19.4 Å². The molecule has 4 nitrogen and oxygen atoms in total. The Balaban J connectivity index is 2.46. The Bertz CT molecular complexity index is 758. The fraction of sp³-hybridized carbons (Fsp3) is 0.481. The maximum Gasteiger partial charge on any atom is 0.314 e. The third-order valence-corrected chi connectivity index (χ3v) is 5.83. The smallest absolute Gasteiger partial charge is 0.314 e. The molecule has 0 aromatic rings. The zero-order chi connectivity index (χ0) is 23.6. The number of aliphatic carboxylic acids is 1. The van der Waals surface area contributed by atoms with Crippen LogP contribution in [0.1, 0.15) is 59.3 Å². The van der Waals surface area contributed by atoms with Crippen LogP contribution in [0.3, 0.4) is 0 Å². The SMILES string of the molecule is C=C(/C=C\C(=C)C(=C)/C=C\C(=C)C(C)CCC(C)C)OC(=O)C1CCC(C(=O)O)CC1. The molecule has 4 heteroatoms. The summed E-state index contributed by atoms with van der Waals surface area (Å²) in [4.78, 5) is 23.3. The maximum atomic E-state index is 12.3. The minimum Gasteiger partial charge on any atom is -0.481 e. The van der Waals surface area contributed by atoms with Crippen LogP contribution in [0.25, 0.3) is 0 Å². The van der Waals surface area contributed by atoms with Gasteiger partial charge in [0.15, 0.2) is 0 Å². The number of rotatable bonds is 12. The number of esters is 1. The van der Waals surface area contributed by atoms with Crippen molar-refractivity contribution >= 4 is 11.9 Å². The lowest BCUT2D eigenvalue weighted by atomic mass is 9.82. The molecule has 170 valence electrons. The lowest BCUT2D eigenvalue weighted by molar-refractivity contribution is -0.149. The van der Waals surface area contributed by atoms with Crippen molar-refractivity contribution in [3.8, 4) is 0 Å². The standard InChI is InChI=1S/C27H38O4/c1-18(2)8-9-19(3)20(4)10-11-21(5)22(6)12-13-23(7)31-27(30)25-16-14-24(15-17-25)26(28)29/h10-13,18-19,24-25H,4-9,14-17H2,1-3H3,(H,28,29)/b11-10-,13-12-. The second kappa shape index (κ2) is 12.9. The van der Waals surface area contributed by atoms with Crippen LogP contribution < -0.4 is 0 Å². The van der Waals surface area contributed by atoms with Crippen molar-refractivity contribution in [3.05, 3.63) is 73.1 Å². The zero-order valence-electron chi connectivity index (χ0n) is 19.4. The highest BCUT2D eigenvalue weighted by Gasteiger charge is 2.30. The van der Waals surface area contributed by atoms with Gasteiger partial charge in [-0.15, -0.1) is 0 Å². The zero-order valence-corrected chi connectivity index (χ0v) is 19.4. The lowest BCUT2D eigenvalue weighted by Crippen LogP contribution is -2.26. The minimum absolute atomic E-state index is 0.231. The van der Waals surface area contributed by atoms with Gasteiger partial charge in [0.1, 0.15) is 5.76 Å². The van der Waals surface area contributed by atoms with E-state index in [-0.39, 0.29) is 23.6 Å². The molecule has 1 rings (SSSR count). The van der Waals surface area contributed by atoms with Crippen LogP contribution in [0.5, 0.6) is 0 Å². The van der Waals surface area contributed by atoms with Crippen LogP contribution in [0.2, 0.25) is 0 Å². The molecule has 31 heavy (non-hydrogen) atoms. The molecule has 0 saturated heterocycles. The molecule has 0 aromatic heterocycles. The second-order valence-corrected chi connectivity index (χ2v) is 8.94. The Morgan fingerprint density at radius 2 is 1.39 bits per heavy atom. The van der Waals surface area contributed by atoms with Crippen molar-refractivity contribution in [2.24, 2.45) is 23.7 Å². The first-order valence-corrected chi connectivity index (χ1v) is 11.1. The molecule has 0 aromatic carbocycles. The first-order valence-electron chi connectivity index (χ1n) is 11.1. The molecular formula is C27H38O4. The topological polar surface area (TPSA) is 63.6 Å². The summed E-state index contributed by atoms with van der Waals surface area (Å²) in [5, 5.41) is 9.05. The summed E-state index contributed by atoms with van der Waals surface area (Å²) in [5.74, 6) is -0.444. The molecule has 1 aliphatic carbocycles. The van der Waals surface area contributed by atoms with Gasteiger partial charge in [-0.05, 0) is 61.2 Å². The van der Waals surface area contributed by atoms with E-state index in [1.165, 1.54) is 6.42 Å². The van der Waals surface area contributed by atoms with E-state index in [1.807, 2.05) is 12.2 Å². The molecule has 1 unspecified atom stereocenters. The Labute approximate surface area is 187 Å². The van der Waals surface area contributed by atoms with Gasteiger partial charge in [0.05, 0.1) is 11.8 Å². The predicted octanol–water partition coefficient (Wildman–Crippen LogP) is 6.79. The third kappa shape index (κ3) is 9.82. The van der Waals surface area contributed by atoms with Crippen LogP contribution >= 0.6 is 0 Å². The molecule has 0 heterocycles. The monoisotopic (exact) mass is 426 g/mol. The van der Waals surface area contributed by atoms with Gasteiger partial charge in [0.25, 0.3) is 0 Å². The Kier molecular flexibility index (Phi) is 11.0. The van der Waals surface area contributed by atoms with Gasteiger partial charge in [-0.2, -0.15) is 0 Å².